The average molecular weight is 329 g/mol. The maximum absolute atomic E-state index is 12.9. The van der Waals surface area contributed by atoms with Gasteiger partial charge in [0.1, 0.15) is 5.75 Å². The SMILES string of the molecule is C=CC1C(c2ccccc2OC)N1S(=O)(=O)c1ccc(C)cc1. The molecule has 120 valence electrons. The standard InChI is InChI=1S/C18H19NO3S/c1-4-16-18(15-7-5-6-8-17(15)22-3)19(16)23(20,21)14-11-9-13(2)10-12-14/h4-12,16,18H,1H2,2-3H3. The normalized spacial score (nSPS) is 23.3. The summed E-state index contributed by atoms with van der Waals surface area (Å²) in [5.41, 5.74) is 1.88. The summed E-state index contributed by atoms with van der Waals surface area (Å²) in [6.45, 7) is 5.71. The summed E-state index contributed by atoms with van der Waals surface area (Å²) in [4.78, 5) is 0.298. The van der Waals surface area contributed by atoms with Gasteiger partial charge < -0.3 is 4.74 Å². The van der Waals surface area contributed by atoms with Gasteiger partial charge in [-0.3, -0.25) is 0 Å². The molecule has 23 heavy (non-hydrogen) atoms. The summed E-state index contributed by atoms with van der Waals surface area (Å²) in [5.74, 6) is 0.686. The fourth-order valence-electron chi connectivity index (χ4n) is 2.83. The van der Waals surface area contributed by atoms with E-state index in [0.29, 0.717) is 10.6 Å². The molecule has 5 heteroatoms. The molecule has 0 N–H and O–H groups in total. The van der Waals surface area contributed by atoms with Crippen molar-refractivity contribution in [2.75, 3.05) is 7.11 Å². The third-order valence-electron chi connectivity index (χ3n) is 4.10. The predicted molar refractivity (Wildman–Crippen MR) is 89.9 cm³/mol. The third-order valence-corrected chi connectivity index (χ3v) is 5.99. The molecule has 1 aliphatic rings. The van der Waals surface area contributed by atoms with Crippen LogP contribution in [0.3, 0.4) is 0 Å². The topological polar surface area (TPSA) is 46.4 Å². The van der Waals surface area contributed by atoms with E-state index in [1.165, 1.54) is 4.31 Å². The molecule has 3 atom stereocenters. The number of ether oxygens (including phenoxy) is 1. The number of para-hydroxylation sites is 1. The third kappa shape index (κ3) is 2.66. The Hall–Kier alpha value is -2.11. The number of hydrogen-bond acceptors (Lipinski definition) is 3. The van der Waals surface area contributed by atoms with Gasteiger partial charge in [0.2, 0.25) is 10.0 Å². The highest BCUT2D eigenvalue weighted by Crippen LogP contribution is 2.50. The predicted octanol–water partition coefficient (Wildman–Crippen LogP) is 3.30. The average Bonchev–Trinajstić information content (AvgIpc) is 3.30. The second-order valence-electron chi connectivity index (χ2n) is 5.56. The first kappa shape index (κ1) is 15.8. The molecule has 0 spiro atoms. The van der Waals surface area contributed by atoms with Gasteiger partial charge in [-0.05, 0) is 25.1 Å². The van der Waals surface area contributed by atoms with E-state index in [4.69, 9.17) is 4.74 Å². The maximum Gasteiger partial charge on any atom is 0.244 e. The first-order valence-corrected chi connectivity index (χ1v) is 8.80. The molecule has 0 saturated carbocycles. The van der Waals surface area contributed by atoms with Crippen LogP contribution in [0.2, 0.25) is 0 Å². The molecule has 2 aromatic carbocycles. The van der Waals surface area contributed by atoms with Crippen molar-refractivity contribution in [1.29, 1.82) is 0 Å². The number of methoxy groups -OCH3 is 1. The lowest BCUT2D eigenvalue weighted by Crippen LogP contribution is -2.14. The van der Waals surface area contributed by atoms with Gasteiger partial charge in [-0.25, -0.2) is 8.42 Å². The Bertz CT molecular complexity index is 828. The summed E-state index contributed by atoms with van der Waals surface area (Å²) >= 11 is 0. The Balaban J connectivity index is 1.99. The fraction of sp³-hybridized carbons (Fsp3) is 0.222. The largest absolute Gasteiger partial charge is 0.496 e. The molecule has 3 unspecified atom stereocenters. The smallest absolute Gasteiger partial charge is 0.244 e. The van der Waals surface area contributed by atoms with Crippen LogP contribution in [0.15, 0.2) is 66.1 Å². The zero-order valence-corrected chi connectivity index (χ0v) is 14.0. The molecule has 1 heterocycles. The van der Waals surface area contributed by atoms with Gasteiger partial charge in [0.25, 0.3) is 0 Å². The first-order chi connectivity index (χ1) is 11.0. The van der Waals surface area contributed by atoms with Crippen LogP contribution in [0.5, 0.6) is 5.75 Å². The molecule has 4 nitrogen and oxygen atoms in total. The Labute approximate surface area is 137 Å². The summed E-state index contributed by atoms with van der Waals surface area (Å²) in [6, 6.07) is 13.8. The minimum absolute atomic E-state index is 0.252. The number of sulfonamides is 1. The molecule has 0 bridgehead atoms. The molecule has 0 radical (unpaired) electrons. The highest BCUT2D eigenvalue weighted by molar-refractivity contribution is 7.89. The monoisotopic (exact) mass is 329 g/mol. The minimum atomic E-state index is -3.56. The quantitative estimate of drug-likeness (QED) is 0.624. The van der Waals surface area contributed by atoms with Gasteiger partial charge >= 0.3 is 0 Å². The van der Waals surface area contributed by atoms with Gasteiger partial charge in [-0.2, -0.15) is 4.31 Å². The lowest BCUT2D eigenvalue weighted by Gasteiger charge is -2.09. The van der Waals surface area contributed by atoms with Crippen LogP contribution in [-0.4, -0.2) is 25.9 Å². The van der Waals surface area contributed by atoms with Crippen LogP contribution in [0.1, 0.15) is 17.2 Å². The van der Waals surface area contributed by atoms with Crippen LogP contribution in [0.25, 0.3) is 0 Å². The van der Waals surface area contributed by atoms with E-state index < -0.39 is 10.0 Å². The Morgan fingerprint density at radius 1 is 1.13 bits per heavy atom. The van der Waals surface area contributed by atoms with E-state index >= 15 is 0 Å². The zero-order valence-electron chi connectivity index (χ0n) is 13.1. The number of aryl methyl sites for hydroxylation is 1. The van der Waals surface area contributed by atoms with E-state index in [1.807, 2.05) is 31.2 Å². The molecular weight excluding hydrogens is 310 g/mol. The van der Waals surface area contributed by atoms with Crippen LogP contribution < -0.4 is 4.74 Å². The molecule has 0 aromatic heterocycles. The van der Waals surface area contributed by atoms with Crippen molar-refractivity contribution in [1.82, 2.24) is 4.31 Å². The molecule has 1 fully saturated rings. The molecule has 0 amide bonds. The van der Waals surface area contributed by atoms with Crippen LogP contribution >= 0.6 is 0 Å². The molecular formula is C18H19NO3S. The van der Waals surface area contributed by atoms with Crippen molar-refractivity contribution >= 4 is 10.0 Å². The lowest BCUT2D eigenvalue weighted by molar-refractivity contribution is 0.408. The van der Waals surface area contributed by atoms with Crippen LogP contribution in [0, 0.1) is 6.92 Å². The molecule has 3 rings (SSSR count). The van der Waals surface area contributed by atoms with Crippen molar-refractivity contribution in [3.8, 4) is 5.75 Å². The highest BCUT2D eigenvalue weighted by Gasteiger charge is 2.55. The van der Waals surface area contributed by atoms with Crippen molar-refractivity contribution in [2.45, 2.75) is 23.9 Å². The highest BCUT2D eigenvalue weighted by atomic mass is 32.2. The first-order valence-electron chi connectivity index (χ1n) is 7.36. The zero-order chi connectivity index (χ0) is 16.6. The van der Waals surface area contributed by atoms with Gasteiger partial charge in [0.15, 0.2) is 0 Å². The second-order valence-corrected chi connectivity index (χ2v) is 7.40. The van der Waals surface area contributed by atoms with Gasteiger partial charge in [-0.15, -0.1) is 6.58 Å². The Morgan fingerprint density at radius 2 is 1.78 bits per heavy atom. The van der Waals surface area contributed by atoms with Crippen molar-refractivity contribution < 1.29 is 13.2 Å². The Morgan fingerprint density at radius 3 is 2.39 bits per heavy atom. The van der Waals surface area contributed by atoms with E-state index in [2.05, 4.69) is 6.58 Å². The minimum Gasteiger partial charge on any atom is -0.496 e. The van der Waals surface area contributed by atoms with Crippen molar-refractivity contribution in [2.24, 2.45) is 0 Å². The molecule has 1 aliphatic heterocycles. The Kier molecular flexibility index (Phi) is 4.00. The van der Waals surface area contributed by atoms with Crippen LogP contribution in [0.4, 0.5) is 0 Å². The van der Waals surface area contributed by atoms with Crippen molar-refractivity contribution in [3.05, 3.63) is 72.3 Å². The van der Waals surface area contributed by atoms with Gasteiger partial charge in [0.05, 0.1) is 24.1 Å². The van der Waals surface area contributed by atoms with E-state index in [1.54, 1.807) is 37.5 Å². The van der Waals surface area contributed by atoms with Crippen molar-refractivity contribution in [3.63, 3.8) is 0 Å². The maximum atomic E-state index is 12.9. The summed E-state index contributed by atoms with van der Waals surface area (Å²) in [7, 11) is -1.97. The molecule has 1 saturated heterocycles. The molecule has 2 aromatic rings. The number of rotatable bonds is 5. The van der Waals surface area contributed by atoms with E-state index in [9.17, 15) is 8.42 Å². The lowest BCUT2D eigenvalue weighted by atomic mass is 10.1. The summed E-state index contributed by atoms with van der Waals surface area (Å²) < 4.78 is 32.6. The summed E-state index contributed by atoms with van der Waals surface area (Å²) in [5, 5.41) is 0. The number of nitrogens with zero attached hydrogens (tertiary/aromatic N) is 1. The van der Waals surface area contributed by atoms with E-state index in [0.717, 1.165) is 11.1 Å². The number of hydrogen-bond donors (Lipinski definition) is 0. The second kappa shape index (κ2) is 5.83. The number of benzene rings is 2. The van der Waals surface area contributed by atoms with Gasteiger partial charge in [0, 0.05) is 5.56 Å². The van der Waals surface area contributed by atoms with Crippen LogP contribution in [-0.2, 0) is 10.0 Å². The molecule has 0 aliphatic carbocycles. The summed E-state index contributed by atoms with van der Waals surface area (Å²) in [6.07, 6.45) is 1.67. The van der Waals surface area contributed by atoms with E-state index in [-0.39, 0.29) is 12.1 Å². The van der Waals surface area contributed by atoms with Gasteiger partial charge in [-0.1, -0.05) is 42.0 Å². The fourth-order valence-corrected chi connectivity index (χ4v) is 4.56.